The lowest BCUT2D eigenvalue weighted by molar-refractivity contribution is -0.117. The SMILES string of the molecule is N[C@@H](Cc1ccccc1)C(=O)Nc1ccc(F)c(F)c1. The van der Waals surface area contributed by atoms with Gasteiger partial charge in [0.05, 0.1) is 6.04 Å². The number of anilines is 1. The van der Waals surface area contributed by atoms with E-state index in [4.69, 9.17) is 5.73 Å². The fourth-order valence-electron chi connectivity index (χ4n) is 1.77. The minimum absolute atomic E-state index is 0.178. The van der Waals surface area contributed by atoms with Crippen molar-refractivity contribution in [2.45, 2.75) is 12.5 Å². The monoisotopic (exact) mass is 276 g/mol. The second-order valence-corrected chi connectivity index (χ2v) is 4.41. The number of halogens is 2. The molecule has 0 fully saturated rings. The summed E-state index contributed by atoms with van der Waals surface area (Å²) in [6.07, 6.45) is 0.371. The van der Waals surface area contributed by atoms with E-state index < -0.39 is 23.6 Å². The minimum Gasteiger partial charge on any atom is -0.325 e. The zero-order valence-electron chi connectivity index (χ0n) is 10.6. The molecule has 0 aromatic heterocycles. The smallest absolute Gasteiger partial charge is 0.241 e. The van der Waals surface area contributed by atoms with Crippen LogP contribution in [0, 0.1) is 11.6 Å². The summed E-state index contributed by atoms with van der Waals surface area (Å²) in [5, 5.41) is 2.46. The molecule has 0 radical (unpaired) electrons. The second-order valence-electron chi connectivity index (χ2n) is 4.41. The first kappa shape index (κ1) is 14.1. The molecule has 2 rings (SSSR count). The summed E-state index contributed by atoms with van der Waals surface area (Å²) in [4.78, 5) is 11.9. The van der Waals surface area contributed by atoms with E-state index in [0.717, 1.165) is 17.7 Å². The quantitative estimate of drug-likeness (QED) is 0.901. The van der Waals surface area contributed by atoms with E-state index in [2.05, 4.69) is 5.32 Å². The van der Waals surface area contributed by atoms with E-state index in [9.17, 15) is 13.6 Å². The van der Waals surface area contributed by atoms with E-state index >= 15 is 0 Å². The number of carbonyl (C=O) groups is 1. The minimum atomic E-state index is -1.01. The van der Waals surface area contributed by atoms with Gasteiger partial charge in [0.1, 0.15) is 0 Å². The molecule has 5 heteroatoms. The molecule has 0 heterocycles. The summed E-state index contributed by atoms with van der Waals surface area (Å²) in [6.45, 7) is 0. The molecule has 0 saturated carbocycles. The molecule has 20 heavy (non-hydrogen) atoms. The van der Waals surface area contributed by atoms with E-state index in [0.29, 0.717) is 6.42 Å². The van der Waals surface area contributed by atoms with Crippen LogP contribution in [0.5, 0.6) is 0 Å². The largest absolute Gasteiger partial charge is 0.325 e. The molecule has 3 N–H and O–H groups in total. The predicted octanol–water partition coefficient (Wildman–Crippen LogP) is 2.47. The van der Waals surface area contributed by atoms with Crippen molar-refractivity contribution in [3.05, 3.63) is 65.7 Å². The van der Waals surface area contributed by atoms with Crippen molar-refractivity contribution >= 4 is 11.6 Å². The van der Waals surface area contributed by atoms with Crippen molar-refractivity contribution in [2.75, 3.05) is 5.32 Å². The van der Waals surface area contributed by atoms with Gasteiger partial charge in [-0.1, -0.05) is 30.3 Å². The molecule has 2 aromatic rings. The normalized spacial score (nSPS) is 11.9. The van der Waals surface area contributed by atoms with Gasteiger partial charge in [0, 0.05) is 11.8 Å². The molecule has 0 aliphatic rings. The van der Waals surface area contributed by atoms with Crippen LogP contribution in [0.25, 0.3) is 0 Å². The Labute approximate surface area is 115 Å². The first-order valence-electron chi connectivity index (χ1n) is 6.11. The van der Waals surface area contributed by atoms with E-state index in [1.165, 1.54) is 6.07 Å². The number of hydrogen-bond donors (Lipinski definition) is 2. The van der Waals surface area contributed by atoms with Crippen LogP contribution in [0.15, 0.2) is 48.5 Å². The van der Waals surface area contributed by atoms with Gasteiger partial charge in [0.15, 0.2) is 11.6 Å². The van der Waals surface area contributed by atoms with E-state index in [-0.39, 0.29) is 5.69 Å². The average molecular weight is 276 g/mol. The predicted molar refractivity (Wildman–Crippen MR) is 73.1 cm³/mol. The maximum atomic E-state index is 13.0. The number of amides is 1. The Morgan fingerprint density at radius 3 is 2.45 bits per heavy atom. The molecule has 2 aromatic carbocycles. The van der Waals surface area contributed by atoms with E-state index in [1.807, 2.05) is 30.3 Å². The van der Waals surface area contributed by atoms with Gasteiger partial charge in [-0.2, -0.15) is 0 Å². The highest BCUT2D eigenvalue weighted by molar-refractivity contribution is 5.94. The summed E-state index contributed by atoms with van der Waals surface area (Å²) in [5.41, 5.74) is 6.89. The molecule has 0 unspecified atom stereocenters. The third kappa shape index (κ3) is 3.61. The maximum absolute atomic E-state index is 13.0. The fraction of sp³-hybridized carbons (Fsp3) is 0.133. The van der Waals surface area contributed by atoms with Crippen molar-refractivity contribution in [1.82, 2.24) is 0 Å². The highest BCUT2D eigenvalue weighted by Gasteiger charge is 2.14. The molecule has 0 saturated heterocycles. The summed E-state index contributed by atoms with van der Waals surface area (Å²) >= 11 is 0. The molecule has 1 amide bonds. The fourth-order valence-corrected chi connectivity index (χ4v) is 1.77. The first-order chi connectivity index (χ1) is 9.56. The molecule has 3 nitrogen and oxygen atoms in total. The zero-order chi connectivity index (χ0) is 14.5. The van der Waals surface area contributed by atoms with Crippen molar-refractivity contribution in [3.8, 4) is 0 Å². The Bertz CT molecular complexity index is 602. The van der Waals surface area contributed by atoms with Crippen molar-refractivity contribution in [3.63, 3.8) is 0 Å². The van der Waals surface area contributed by atoms with Crippen LogP contribution >= 0.6 is 0 Å². The number of benzene rings is 2. The Morgan fingerprint density at radius 1 is 1.10 bits per heavy atom. The lowest BCUT2D eigenvalue weighted by Gasteiger charge is -2.12. The van der Waals surface area contributed by atoms with Crippen molar-refractivity contribution in [1.29, 1.82) is 0 Å². The third-order valence-corrected chi connectivity index (χ3v) is 2.82. The molecule has 0 bridgehead atoms. The average Bonchev–Trinajstić information content (AvgIpc) is 2.44. The number of rotatable bonds is 4. The number of carbonyl (C=O) groups excluding carboxylic acids is 1. The highest BCUT2D eigenvalue weighted by Crippen LogP contribution is 2.13. The highest BCUT2D eigenvalue weighted by atomic mass is 19.2. The Morgan fingerprint density at radius 2 is 1.80 bits per heavy atom. The molecule has 0 spiro atoms. The van der Waals surface area contributed by atoms with Gasteiger partial charge >= 0.3 is 0 Å². The Hall–Kier alpha value is -2.27. The standard InChI is InChI=1S/C15H14F2N2O/c16-12-7-6-11(9-13(12)17)19-15(20)14(18)8-10-4-2-1-3-5-10/h1-7,9,14H,8,18H2,(H,19,20)/t14-/m0/s1. The van der Waals surface area contributed by atoms with Gasteiger partial charge in [0.2, 0.25) is 5.91 Å². The van der Waals surface area contributed by atoms with Crippen LogP contribution in [0.4, 0.5) is 14.5 Å². The van der Waals surface area contributed by atoms with Crippen LogP contribution < -0.4 is 11.1 Å². The lowest BCUT2D eigenvalue weighted by atomic mass is 10.1. The van der Waals surface area contributed by atoms with Gasteiger partial charge in [-0.05, 0) is 24.1 Å². The first-order valence-corrected chi connectivity index (χ1v) is 6.11. The van der Waals surface area contributed by atoms with Gasteiger partial charge in [-0.3, -0.25) is 4.79 Å². The zero-order valence-corrected chi connectivity index (χ0v) is 10.6. The number of hydrogen-bond acceptors (Lipinski definition) is 2. The molecular weight excluding hydrogens is 262 g/mol. The van der Waals surface area contributed by atoms with Crippen molar-refractivity contribution in [2.24, 2.45) is 5.73 Å². The molecular formula is C15H14F2N2O. The van der Waals surface area contributed by atoms with Gasteiger partial charge in [-0.25, -0.2) is 8.78 Å². The van der Waals surface area contributed by atoms with Gasteiger partial charge in [-0.15, -0.1) is 0 Å². The molecule has 0 aliphatic heterocycles. The summed E-state index contributed by atoms with van der Waals surface area (Å²) in [5.74, 6) is -2.42. The summed E-state index contributed by atoms with van der Waals surface area (Å²) < 4.78 is 25.8. The Kier molecular flexibility index (Phi) is 4.42. The van der Waals surface area contributed by atoms with Crippen LogP contribution in [0.2, 0.25) is 0 Å². The van der Waals surface area contributed by atoms with Gasteiger partial charge in [0.25, 0.3) is 0 Å². The number of nitrogens with one attached hydrogen (secondary N) is 1. The Balaban J connectivity index is 1.99. The summed E-state index contributed by atoms with van der Waals surface area (Å²) in [6, 6.07) is 11.7. The van der Waals surface area contributed by atoms with E-state index in [1.54, 1.807) is 0 Å². The lowest BCUT2D eigenvalue weighted by Crippen LogP contribution is -2.37. The van der Waals surface area contributed by atoms with Crippen LogP contribution in [0.3, 0.4) is 0 Å². The van der Waals surface area contributed by atoms with Gasteiger partial charge < -0.3 is 11.1 Å². The maximum Gasteiger partial charge on any atom is 0.241 e. The molecule has 1 atom stereocenters. The van der Waals surface area contributed by atoms with Crippen LogP contribution in [0.1, 0.15) is 5.56 Å². The summed E-state index contributed by atoms with van der Waals surface area (Å²) in [7, 11) is 0. The van der Waals surface area contributed by atoms with Crippen LogP contribution in [-0.2, 0) is 11.2 Å². The van der Waals surface area contributed by atoms with Crippen molar-refractivity contribution < 1.29 is 13.6 Å². The van der Waals surface area contributed by atoms with Crippen LogP contribution in [-0.4, -0.2) is 11.9 Å². The number of nitrogens with two attached hydrogens (primary N) is 1. The molecule has 0 aliphatic carbocycles. The topological polar surface area (TPSA) is 55.1 Å². The third-order valence-electron chi connectivity index (χ3n) is 2.82. The second kappa shape index (κ2) is 6.25. The molecule has 104 valence electrons.